The van der Waals surface area contributed by atoms with Crippen LogP contribution in [0.1, 0.15) is 11.3 Å². The smallest absolute Gasteiger partial charge is 0.232 e. The molecule has 3 aromatic rings. The first kappa shape index (κ1) is 18.5. The van der Waals surface area contributed by atoms with E-state index in [4.69, 9.17) is 4.74 Å². The summed E-state index contributed by atoms with van der Waals surface area (Å²) < 4.78 is 33.0. The minimum Gasteiger partial charge on any atom is -0.496 e. The highest BCUT2D eigenvalue weighted by atomic mass is 19.1. The standard InChI is InChI=1S/C21H18F2N2O2/c1-27-20-8-3-2-6-15(20)12-21(26)25(14-17-7-4-5-11-24-17)19-10-9-16(22)13-18(19)23/h2-11,13H,12,14H2,1H3. The van der Waals surface area contributed by atoms with Gasteiger partial charge in [-0.2, -0.15) is 0 Å². The first-order valence-corrected chi connectivity index (χ1v) is 8.35. The molecule has 0 aliphatic carbocycles. The second-order valence-corrected chi connectivity index (χ2v) is 5.89. The van der Waals surface area contributed by atoms with Gasteiger partial charge in [0.2, 0.25) is 5.91 Å². The van der Waals surface area contributed by atoms with Crippen LogP contribution in [0.4, 0.5) is 14.5 Å². The van der Waals surface area contributed by atoms with Crippen molar-refractivity contribution in [1.82, 2.24) is 4.98 Å². The van der Waals surface area contributed by atoms with Gasteiger partial charge in [-0.15, -0.1) is 0 Å². The minimum atomic E-state index is -0.806. The fraction of sp³-hybridized carbons (Fsp3) is 0.143. The van der Waals surface area contributed by atoms with Crippen LogP contribution in [0.3, 0.4) is 0 Å². The highest BCUT2D eigenvalue weighted by molar-refractivity contribution is 5.95. The van der Waals surface area contributed by atoms with Gasteiger partial charge in [0.05, 0.1) is 31.5 Å². The maximum absolute atomic E-state index is 14.4. The molecule has 0 unspecified atom stereocenters. The number of rotatable bonds is 6. The quantitative estimate of drug-likeness (QED) is 0.657. The number of hydrogen-bond acceptors (Lipinski definition) is 3. The lowest BCUT2D eigenvalue weighted by atomic mass is 10.1. The topological polar surface area (TPSA) is 42.4 Å². The number of aromatic nitrogens is 1. The molecule has 0 saturated heterocycles. The Morgan fingerprint density at radius 2 is 1.85 bits per heavy atom. The van der Waals surface area contributed by atoms with E-state index in [1.165, 1.54) is 18.1 Å². The molecule has 0 aliphatic heterocycles. The van der Waals surface area contributed by atoms with Crippen molar-refractivity contribution in [2.75, 3.05) is 12.0 Å². The number of pyridine rings is 1. The molecular formula is C21H18F2N2O2. The van der Waals surface area contributed by atoms with Gasteiger partial charge >= 0.3 is 0 Å². The molecule has 27 heavy (non-hydrogen) atoms. The minimum absolute atomic E-state index is 0.00181. The molecule has 0 fully saturated rings. The van der Waals surface area contributed by atoms with Gasteiger partial charge in [-0.05, 0) is 30.3 Å². The Morgan fingerprint density at radius 3 is 2.56 bits per heavy atom. The van der Waals surface area contributed by atoms with E-state index in [9.17, 15) is 13.6 Å². The SMILES string of the molecule is COc1ccccc1CC(=O)N(Cc1ccccn1)c1ccc(F)cc1F. The third kappa shape index (κ3) is 4.47. The number of carbonyl (C=O) groups is 1. The lowest BCUT2D eigenvalue weighted by molar-refractivity contribution is -0.118. The van der Waals surface area contributed by atoms with Crippen molar-refractivity contribution in [1.29, 1.82) is 0 Å². The van der Waals surface area contributed by atoms with Crippen molar-refractivity contribution < 1.29 is 18.3 Å². The van der Waals surface area contributed by atoms with E-state index in [0.29, 0.717) is 17.0 Å². The number of carbonyl (C=O) groups excluding carboxylic acids is 1. The van der Waals surface area contributed by atoms with Crippen LogP contribution < -0.4 is 9.64 Å². The molecule has 2 aromatic carbocycles. The number of anilines is 1. The Morgan fingerprint density at radius 1 is 1.07 bits per heavy atom. The number of ether oxygens (including phenoxy) is 1. The second kappa shape index (κ2) is 8.40. The van der Waals surface area contributed by atoms with Gasteiger partial charge in [0.15, 0.2) is 0 Å². The van der Waals surface area contributed by atoms with Gasteiger partial charge < -0.3 is 9.64 Å². The Labute approximate surface area is 156 Å². The molecule has 6 heteroatoms. The normalized spacial score (nSPS) is 10.5. The van der Waals surface area contributed by atoms with Crippen molar-refractivity contribution in [2.24, 2.45) is 0 Å². The number of hydrogen-bond donors (Lipinski definition) is 0. The number of benzene rings is 2. The Hall–Kier alpha value is -3.28. The summed E-state index contributed by atoms with van der Waals surface area (Å²) in [5.41, 5.74) is 1.27. The van der Waals surface area contributed by atoms with Gasteiger partial charge in [-0.3, -0.25) is 9.78 Å². The van der Waals surface area contributed by atoms with Gasteiger partial charge in [0, 0.05) is 17.8 Å². The fourth-order valence-electron chi connectivity index (χ4n) is 2.77. The second-order valence-electron chi connectivity index (χ2n) is 5.89. The Balaban J connectivity index is 1.94. The predicted octanol–water partition coefficient (Wildman–Crippen LogP) is 4.14. The van der Waals surface area contributed by atoms with Crippen LogP contribution in [0.2, 0.25) is 0 Å². The van der Waals surface area contributed by atoms with Crippen molar-refractivity contribution in [3.8, 4) is 5.75 Å². The molecule has 0 N–H and O–H groups in total. The number of nitrogens with zero attached hydrogens (tertiary/aromatic N) is 2. The Bertz CT molecular complexity index is 932. The van der Waals surface area contributed by atoms with Crippen molar-refractivity contribution in [3.05, 3.63) is 89.8 Å². The van der Waals surface area contributed by atoms with Crippen molar-refractivity contribution >= 4 is 11.6 Å². The van der Waals surface area contributed by atoms with Crippen LogP contribution in [0.25, 0.3) is 0 Å². The zero-order valence-corrected chi connectivity index (χ0v) is 14.7. The van der Waals surface area contributed by atoms with E-state index < -0.39 is 11.6 Å². The van der Waals surface area contributed by atoms with E-state index in [0.717, 1.165) is 12.1 Å². The van der Waals surface area contributed by atoms with Crippen molar-refractivity contribution in [2.45, 2.75) is 13.0 Å². The van der Waals surface area contributed by atoms with E-state index in [1.54, 1.807) is 48.7 Å². The Kier molecular flexibility index (Phi) is 5.76. The molecule has 1 aromatic heterocycles. The average molecular weight is 368 g/mol. The van der Waals surface area contributed by atoms with Gasteiger partial charge in [-0.25, -0.2) is 8.78 Å². The average Bonchev–Trinajstić information content (AvgIpc) is 2.68. The monoisotopic (exact) mass is 368 g/mol. The maximum atomic E-state index is 14.4. The molecule has 0 atom stereocenters. The molecule has 0 radical (unpaired) electrons. The van der Waals surface area contributed by atoms with Crippen LogP contribution >= 0.6 is 0 Å². The molecule has 0 aliphatic rings. The largest absolute Gasteiger partial charge is 0.496 e. The van der Waals surface area contributed by atoms with Gasteiger partial charge in [-0.1, -0.05) is 24.3 Å². The summed E-state index contributed by atoms with van der Waals surface area (Å²) in [5.74, 6) is -1.29. The summed E-state index contributed by atoms with van der Waals surface area (Å²) in [4.78, 5) is 18.5. The summed E-state index contributed by atoms with van der Waals surface area (Å²) in [6.07, 6.45) is 1.60. The summed E-state index contributed by atoms with van der Waals surface area (Å²) in [7, 11) is 1.52. The van der Waals surface area contributed by atoms with Crippen molar-refractivity contribution in [3.63, 3.8) is 0 Å². The molecule has 3 rings (SSSR count). The summed E-state index contributed by atoms with van der Waals surface area (Å²) in [6, 6.07) is 15.6. The first-order chi connectivity index (χ1) is 13.1. The van der Waals surface area contributed by atoms with E-state index in [2.05, 4.69) is 4.98 Å². The van der Waals surface area contributed by atoms with Gasteiger partial charge in [0.1, 0.15) is 17.4 Å². The molecular weight excluding hydrogens is 350 g/mol. The molecule has 1 amide bonds. The fourth-order valence-corrected chi connectivity index (χ4v) is 2.77. The molecule has 138 valence electrons. The number of amides is 1. The number of para-hydroxylation sites is 1. The zero-order chi connectivity index (χ0) is 19.2. The third-order valence-corrected chi connectivity index (χ3v) is 4.08. The molecule has 0 bridgehead atoms. The lowest BCUT2D eigenvalue weighted by Gasteiger charge is -2.23. The lowest BCUT2D eigenvalue weighted by Crippen LogP contribution is -2.33. The highest BCUT2D eigenvalue weighted by Crippen LogP contribution is 2.25. The van der Waals surface area contributed by atoms with E-state index in [1.807, 2.05) is 0 Å². The third-order valence-electron chi connectivity index (χ3n) is 4.08. The zero-order valence-electron chi connectivity index (χ0n) is 14.7. The molecule has 1 heterocycles. The van der Waals surface area contributed by atoms with Crippen LogP contribution in [-0.2, 0) is 17.8 Å². The molecule has 0 spiro atoms. The van der Waals surface area contributed by atoms with E-state index >= 15 is 0 Å². The number of methoxy groups -OCH3 is 1. The first-order valence-electron chi connectivity index (χ1n) is 8.35. The summed E-state index contributed by atoms with van der Waals surface area (Å²) in [5, 5.41) is 0. The van der Waals surface area contributed by atoms with Crippen LogP contribution in [-0.4, -0.2) is 18.0 Å². The maximum Gasteiger partial charge on any atom is 0.232 e. The molecule has 4 nitrogen and oxygen atoms in total. The van der Waals surface area contributed by atoms with Crippen LogP contribution in [0.5, 0.6) is 5.75 Å². The summed E-state index contributed by atoms with van der Waals surface area (Å²) in [6.45, 7) is 0.0668. The highest BCUT2D eigenvalue weighted by Gasteiger charge is 2.22. The van der Waals surface area contributed by atoms with Crippen LogP contribution in [0.15, 0.2) is 66.9 Å². The van der Waals surface area contributed by atoms with Crippen LogP contribution in [0, 0.1) is 11.6 Å². The summed E-state index contributed by atoms with van der Waals surface area (Å²) >= 11 is 0. The molecule has 0 saturated carbocycles. The number of halogens is 2. The van der Waals surface area contributed by atoms with E-state index in [-0.39, 0.29) is 24.6 Å². The predicted molar refractivity (Wildman–Crippen MR) is 98.5 cm³/mol. The van der Waals surface area contributed by atoms with Gasteiger partial charge in [0.25, 0.3) is 0 Å².